The van der Waals surface area contributed by atoms with Crippen LogP contribution >= 0.6 is 7.82 Å². The molecule has 0 aromatic carbocycles. The minimum Gasteiger partial charge on any atom is -0.462 e. The molecule has 0 bridgehead atoms. The van der Waals surface area contributed by atoms with E-state index in [1.165, 1.54) is 205 Å². The van der Waals surface area contributed by atoms with Gasteiger partial charge in [-0.15, -0.1) is 0 Å². The number of hydrogen-bond acceptors (Lipinski definition) is 7. The molecule has 0 radical (unpaired) electrons. The van der Waals surface area contributed by atoms with Crippen molar-refractivity contribution in [3.63, 3.8) is 0 Å². The third-order valence-electron chi connectivity index (χ3n) is 15.4. The van der Waals surface area contributed by atoms with Gasteiger partial charge in [0.2, 0.25) is 0 Å². The molecule has 0 aromatic rings. The van der Waals surface area contributed by atoms with E-state index >= 15 is 0 Å². The monoisotopic (exact) mass is 1200 g/mol. The predicted octanol–water partition coefficient (Wildman–Crippen LogP) is 22.9. The number of unbranched alkanes of at least 4 members (excludes halogenated alkanes) is 37. The van der Waals surface area contributed by atoms with Crippen LogP contribution in [0.1, 0.15) is 322 Å². The molecule has 0 amide bonds. The summed E-state index contributed by atoms with van der Waals surface area (Å²) >= 11 is 0. The summed E-state index contributed by atoms with van der Waals surface area (Å²) in [6.07, 6.45) is 88.3. The molecule has 0 saturated heterocycles. The molecule has 0 aliphatic heterocycles. The highest BCUT2D eigenvalue weighted by Gasteiger charge is 2.27. The second-order valence-corrected chi connectivity index (χ2v) is 26.4. The third kappa shape index (κ3) is 68.3. The fourth-order valence-electron chi connectivity index (χ4n) is 10.1. The Morgan fingerprint density at radius 1 is 0.381 bits per heavy atom. The number of phosphoric acid groups is 1. The van der Waals surface area contributed by atoms with Crippen molar-refractivity contribution in [2.45, 2.75) is 328 Å². The summed E-state index contributed by atoms with van der Waals surface area (Å²) in [7, 11) is 1.48. The maximum atomic E-state index is 12.9. The number of esters is 2. The number of phosphoric ester groups is 1. The van der Waals surface area contributed by atoms with Crippen LogP contribution in [0, 0.1) is 0 Å². The first kappa shape index (κ1) is 81.2. The van der Waals surface area contributed by atoms with Gasteiger partial charge in [-0.1, -0.05) is 324 Å². The molecule has 0 fully saturated rings. The lowest BCUT2D eigenvalue weighted by Crippen LogP contribution is -2.37. The van der Waals surface area contributed by atoms with E-state index in [-0.39, 0.29) is 25.6 Å². The Hall–Kier alpha value is -2.81. The van der Waals surface area contributed by atoms with E-state index in [9.17, 15) is 19.0 Å². The molecule has 0 spiro atoms. The summed E-state index contributed by atoms with van der Waals surface area (Å²) in [6.45, 7) is 4.37. The number of likely N-dealkylation sites (N-methyl/N-ethyl adjacent to an activating group) is 1. The number of rotatable bonds is 65. The standard InChI is InChI=1S/C74H134NO8P/c1-6-8-10-12-14-16-18-20-22-24-26-28-30-32-33-34-35-36-37-38-39-40-41-43-45-47-49-51-53-55-57-59-61-63-65-67-74(77)83-72(71-82-84(78,79)81-69-68-75(3,4)5)70-80-73(76)66-64-62-60-58-56-54-52-50-48-46-44-42-31-29-27-25-23-21-19-17-15-13-11-9-7-2/h8,10,14,16,20,22,26,28,32-33,35-36,38-39,72H,6-7,9,11-13,15,17-19,21,23-25,27,29-31,34,37,40-71H2,1-5H3/p+1/b10-8-,16-14-,22-20-,28-26-,33-32-,36-35-,39-38-. The summed E-state index contributed by atoms with van der Waals surface area (Å²) < 4.78 is 34.7. The molecule has 0 saturated carbocycles. The topological polar surface area (TPSA) is 108 Å². The zero-order valence-electron chi connectivity index (χ0n) is 55.6. The van der Waals surface area contributed by atoms with Gasteiger partial charge in [-0.3, -0.25) is 18.6 Å². The lowest BCUT2D eigenvalue weighted by atomic mass is 10.0. The van der Waals surface area contributed by atoms with Crippen molar-refractivity contribution in [1.29, 1.82) is 0 Å². The van der Waals surface area contributed by atoms with Crippen LogP contribution in [0.3, 0.4) is 0 Å². The lowest BCUT2D eigenvalue weighted by Gasteiger charge is -2.24. The Labute approximate surface area is 520 Å². The predicted molar refractivity (Wildman–Crippen MR) is 362 cm³/mol. The highest BCUT2D eigenvalue weighted by Crippen LogP contribution is 2.43. The number of hydrogen-bond donors (Lipinski definition) is 1. The summed E-state index contributed by atoms with van der Waals surface area (Å²) in [5.41, 5.74) is 0. The first-order valence-corrected chi connectivity index (χ1v) is 36.8. The molecule has 0 heterocycles. The van der Waals surface area contributed by atoms with Gasteiger partial charge >= 0.3 is 19.8 Å². The SMILES string of the molecule is CC/C=C\C/C=C\C/C=C\C/C=C\C/C=C\C/C=C\C/C=C\CCCCCCCCCCCCCCCC(=O)OC(COC(=O)CCCCCCCCCCCCCCCCCCCCCCCCCCC)COP(=O)(O)OCC[N+](C)(C)C. The molecule has 0 rings (SSSR count). The van der Waals surface area contributed by atoms with Gasteiger partial charge < -0.3 is 18.9 Å². The van der Waals surface area contributed by atoms with Crippen molar-refractivity contribution in [1.82, 2.24) is 0 Å². The molecule has 9 nitrogen and oxygen atoms in total. The number of quaternary nitrogens is 1. The average molecular weight is 1200 g/mol. The van der Waals surface area contributed by atoms with Gasteiger partial charge in [0.05, 0.1) is 27.7 Å². The molecule has 84 heavy (non-hydrogen) atoms. The van der Waals surface area contributed by atoms with E-state index in [1.807, 2.05) is 21.1 Å². The van der Waals surface area contributed by atoms with Crippen LogP contribution in [-0.2, 0) is 32.7 Å². The molecule has 2 unspecified atom stereocenters. The Morgan fingerprint density at radius 3 is 1.01 bits per heavy atom. The normalized spacial score (nSPS) is 13.6. The summed E-state index contributed by atoms with van der Waals surface area (Å²) in [4.78, 5) is 35.9. The minimum atomic E-state index is -4.39. The van der Waals surface area contributed by atoms with Crippen LogP contribution in [0.25, 0.3) is 0 Å². The molecular formula is C74H135NO8P+. The Bertz CT molecular complexity index is 1690. The van der Waals surface area contributed by atoms with Gasteiger partial charge in [0, 0.05) is 12.8 Å². The van der Waals surface area contributed by atoms with Crippen LogP contribution in [-0.4, -0.2) is 74.9 Å². The van der Waals surface area contributed by atoms with Gasteiger partial charge in [0.25, 0.3) is 0 Å². The van der Waals surface area contributed by atoms with E-state index in [2.05, 4.69) is 98.9 Å². The van der Waals surface area contributed by atoms with Crippen molar-refractivity contribution in [2.24, 2.45) is 0 Å². The number of nitrogens with zero attached hydrogens (tertiary/aromatic N) is 1. The maximum absolute atomic E-state index is 12.9. The average Bonchev–Trinajstić information content (AvgIpc) is 3.61. The van der Waals surface area contributed by atoms with Crippen molar-refractivity contribution < 1.29 is 42.1 Å². The van der Waals surface area contributed by atoms with Crippen molar-refractivity contribution in [3.8, 4) is 0 Å². The van der Waals surface area contributed by atoms with Crippen molar-refractivity contribution in [2.75, 3.05) is 47.5 Å². The van der Waals surface area contributed by atoms with Gasteiger partial charge in [0.1, 0.15) is 19.8 Å². The van der Waals surface area contributed by atoms with E-state index < -0.39 is 26.5 Å². The molecule has 10 heteroatoms. The van der Waals surface area contributed by atoms with Gasteiger partial charge in [-0.25, -0.2) is 4.57 Å². The van der Waals surface area contributed by atoms with Crippen LogP contribution in [0.2, 0.25) is 0 Å². The zero-order valence-corrected chi connectivity index (χ0v) is 56.5. The first-order valence-electron chi connectivity index (χ1n) is 35.3. The second-order valence-electron chi connectivity index (χ2n) is 24.9. The van der Waals surface area contributed by atoms with Crippen molar-refractivity contribution in [3.05, 3.63) is 85.1 Å². The minimum absolute atomic E-state index is 0.0309. The number of carbonyl (C=O) groups excluding carboxylic acids is 2. The van der Waals surface area contributed by atoms with E-state index in [4.69, 9.17) is 18.5 Å². The molecular weight excluding hydrogens is 1060 g/mol. The number of allylic oxidation sites excluding steroid dienone is 14. The molecule has 0 aromatic heterocycles. The second kappa shape index (κ2) is 64.7. The quantitative estimate of drug-likeness (QED) is 0.0211. The van der Waals surface area contributed by atoms with E-state index in [1.54, 1.807) is 0 Å². The van der Waals surface area contributed by atoms with E-state index in [0.29, 0.717) is 23.9 Å². The summed E-state index contributed by atoms with van der Waals surface area (Å²) in [5.74, 6) is -0.786. The van der Waals surface area contributed by atoms with Crippen LogP contribution in [0.4, 0.5) is 0 Å². The Kier molecular flexibility index (Phi) is 62.5. The molecule has 1 N–H and O–H groups in total. The highest BCUT2D eigenvalue weighted by atomic mass is 31.2. The smallest absolute Gasteiger partial charge is 0.462 e. The fraction of sp³-hybridized carbons (Fsp3) is 0.784. The zero-order chi connectivity index (χ0) is 61.2. The Balaban J connectivity index is 4.04. The lowest BCUT2D eigenvalue weighted by molar-refractivity contribution is -0.870. The van der Waals surface area contributed by atoms with Gasteiger partial charge in [-0.05, 0) is 70.6 Å². The summed E-state index contributed by atoms with van der Waals surface area (Å²) in [6, 6.07) is 0. The fourth-order valence-corrected chi connectivity index (χ4v) is 10.8. The number of ether oxygens (including phenoxy) is 2. The molecule has 2 atom stereocenters. The largest absolute Gasteiger partial charge is 0.472 e. The molecule has 0 aliphatic rings. The van der Waals surface area contributed by atoms with Crippen LogP contribution in [0.5, 0.6) is 0 Å². The molecule has 0 aliphatic carbocycles. The van der Waals surface area contributed by atoms with Crippen molar-refractivity contribution >= 4 is 19.8 Å². The van der Waals surface area contributed by atoms with Crippen LogP contribution < -0.4 is 0 Å². The van der Waals surface area contributed by atoms with Gasteiger partial charge in [-0.2, -0.15) is 0 Å². The van der Waals surface area contributed by atoms with Gasteiger partial charge in [0.15, 0.2) is 6.10 Å². The summed E-state index contributed by atoms with van der Waals surface area (Å²) in [5, 5.41) is 0. The highest BCUT2D eigenvalue weighted by molar-refractivity contribution is 7.47. The first-order chi connectivity index (χ1) is 41.0. The Morgan fingerprint density at radius 2 is 0.679 bits per heavy atom. The number of carbonyl (C=O) groups is 2. The third-order valence-corrected chi connectivity index (χ3v) is 16.4. The maximum Gasteiger partial charge on any atom is 0.472 e. The van der Waals surface area contributed by atoms with E-state index in [0.717, 1.165) is 83.5 Å². The molecule has 488 valence electrons. The van der Waals surface area contributed by atoms with Crippen LogP contribution in [0.15, 0.2) is 85.1 Å².